The van der Waals surface area contributed by atoms with Crippen LogP contribution in [0.3, 0.4) is 0 Å². The lowest BCUT2D eigenvalue weighted by molar-refractivity contribution is -0.126. The number of amides is 2. The summed E-state index contributed by atoms with van der Waals surface area (Å²) in [6, 6.07) is 7.51. The Labute approximate surface area is 165 Å². The highest BCUT2D eigenvalue weighted by atomic mass is 28.4. The average Bonchev–Trinajstić information content (AvgIpc) is 2.88. The van der Waals surface area contributed by atoms with Crippen molar-refractivity contribution < 1.29 is 14.0 Å². The molecule has 0 aliphatic carbocycles. The van der Waals surface area contributed by atoms with Gasteiger partial charge < -0.3 is 4.43 Å². The molecule has 2 radical (unpaired) electrons. The van der Waals surface area contributed by atoms with Crippen LogP contribution in [0.15, 0.2) is 30.8 Å². The van der Waals surface area contributed by atoms with E-state index in [9.17, 15) is 9.59 Å². The monoisotopic (exact) mass is 383 g/mol. The fourth-order valence-corrected chi connectivity index (χ4v) is 4.32. The van der Waals surface area contributed by atoms with Crippen molar-refractivity contribution in [2.24, 2.45) is 0 Å². The normalized spacial score (nSPS) is 20.8. The first-order valence-electron chi connectivity index (χ1n) is 9.37. The first-order valence-corrected chi connectivity index (χ1v) is 12.3. The van der Waals surface area contributed by atoms with Crippen molar-refractivity contribution in [3.63, 3.8) is 0 Å². The van der Waals surface area contributed by atoms with Gasteiger partial charge in [0.15, 0.2) is 14.1 Å². The highest BCUT2D eigenvalue weighted by molar-refractivity contribution is 6.74. The Morgan fingerprint density at radius 2 is 1.93 bits per heavy atom. The van der Waals surface area contributed by atoms with Crippen molar-refractivity contribution in [1.29, 1.82) is 0 Å². The van der Waals surface area contributed by atoms with Gasteiger partial charge in [0.05, 0.1) is 12.6 Å². The number of imide groups is 1. The summed E-state index contributed by atoms with van der Waals surface area (Å²) in [6.45, 7) is 17.1. The van der Waals surface area contributed by atoms with Crippen LogP contribution in [-0.2, 0) is 9.22 Å². The van der Waals surface area contributed by atoms with Crippen LogP contribution in [0, 0.1) is 0 Å². The van der Waals surface area contributed by atoms with E-state index in [1.807, 2.05) is 31.2 Å². The van der Waals surface area contributed by atoms with Gasteiger partial charge in [0, 0.05) is 12.3 Å². The molecular formula is C21H30BNO3Si. The summed E-state index contributed by atoms with van der Waals surface area (Å²) >= 11 is 0. The van der Waals surface area contributed by atoms with E-state index in [1.54, 1.807) is 0 Å². The number of rotatable bonds is 5. The summed E-state index contributed by atoms with van der Waals surface area (Å²) in [5.41, 5.74) is 2.96. The lowest BCUT2D eigenvalue weighted by Gasteiger charge is -2.38. The molecule has 1 aliphatic rings. The largest absolute Gasteiger partial charge is 0.415 e. The summed E-state index contributed by atoms with van der Waals surface area (Å²) in [6.07, 6.45) is 0.249. The van der Waals surface area contributed by atoms with E-state index in [-0.39, 0.29) is 23.3 Å². The van der Waals surface area contributed by atoms with Crippen molar-refractivity contribution >= 4 is 33.5 Å². The molecule has 0 unspecified atom stereocenters. The third-order valence-corrected chi connectivity index (χ3v) is 10.4. The van der Waals surface area contributed by atoms with Gasteiger partial charge in [-0.1, -0.05) is 57.2 Å². The zero-order valence-corrected chi connectivity index (χ0v) is 18.3. The minimum atomic E-state index is -2.03. The van der Waals surface area contributed by atoms with Crippen molar-refractivity contribution in [2.75, 3.05) is 6.61 Å². The van der Waals surface area contributed by atoms with E-state index in [0.717, 1.165) is 16.7 Å². The van der Waals surface area contributed by atoms with Gasteiger partial charge in [-0.2, -0.15) is 0 Å². The molecule has 0 spiro atoms. The maximum absolute atomic E-state index is 12.6. The standard InChI is InChI=1S/C21H30BNO3Si/c1-14(2)15-10-8-9-11-16(15)17-12-19(24)23(20(22)25)18(17)13-26-27(6,7)21(3,4)5/h8-11,17-18H,1,12-13H2,2-7H3/t17-,18-/m1/s1. The molecule has 0 bridgehead atoms. The van der Waals surface area contributed by atoms with Gasteiger partial charge in [-0.25, -0.2) is 0 Å². The molecule has 1 saturated heterocycles. The molecule has 0 aromatic heterocycles. The Balaban J connectivity index is 2.40. The second-order valence-corrected chi connectivity index (χ2v) is 13.7. The second-order valence-electron chi connectivity index (χ2n) is 8.92. The number of hydrogen-bond acceptors (Lipinski definition) is 3. The highest BCUT2D eigenvalue weighted by Crippen LogP contribution is 2.41. The number of likely N-dealkylation sites (tertiary alicyclic amines) is 1. The molecular weight excluding hydrogens is 353 g/mol. The Kier molecular flexibility index (Phi) is 6.22. The summed E-state index contributed by atoms with van der Waals surface area (Å²) in [5.74, 6) is -1.10. The molecule has 4 nitrogen and oxygen atoms in total. The molecule has 2 rings (SSSR count). The maximum atomic E-state index is 12.6. The topological polar surface area (TPSA) is 46.6 Å². The van der Waals surface area contributed by atoms with E-state index in [2.05, 4.69) is 40.4 Å². The fourth-order valence-electron chi connectivity index (χ4n) is 3.30. The molecule has 1 aliphatic heterocycles. The minimum absolute atomic E-state index is 0.0400. The molecule has 2 amide bonds. The van der Waals surface area contributed by atoms with Crippen LogP contribution in [-0.4, -0.2) is 45.4 Å². The molecule has 144 valence electrons. The number of benzene rings is 1. The summed E-state index contributed by atoms with van der Waals surface area (Å²) in [5, 5.41) is 0.0400. The Bertz CT molecular complexity index is 754. The number of carbonyl (C=O) groups is 2. The van der Waals surface area contributed by atoms with E-state index >= 15 is 0 Å². The van der Waals surface area contributed by atoms with Gasteiger partial charge in [-0.15, -0.1) is 0 Å². The predicted molar refractivity (Wildman–Crippen MR) is 113 cm³/mol. The Morgan fingerprint density at radius 3 is 2.44 bits per heavy atom. The summed E-state index contributed by atoms with van der Waals surface area (Å²) in [7, 11) is 3.51. The number of allylic oxidation sites excluding steroid dienone is 1. The predicted octanol–water partition coefficient (Wildman–Crippen LogP) is 4.71. The SMILES string of the molecule is [B]C(=O)N1C(=O)C[C@H](c2ccccc2C(=C)C)[C@H]1CO[Si](C)(C)C(C)(C)C. The number of hydrogen-bond donors (Lipinski definition) is 0. The van der Waals surface area contributed by atoms with Crippen molar-refractivity contribution in [3.8, 4) is 0 Å². The number of carbonyl (C=O) groups excluding carboxylic acids is 2. The van der Waals surface area contributed by atoms with Gasteiger partial charge in [-0.3, -0.25) is 14.5 Å². The zero-order valence-electron chi connectivity index (χ0n) is 17.3. The fraction of sp³-hybridized carbons (Fsp3) is 0.524. The lowest BCUT2D eigenvalue weighted by Crippen LogP contribution is -2.47. The first-order chi connectivity index (χ1) is 12.4. The third-order valence-electron chi connectivity index (χ3n) is 5.94. The molecule has 1 fully saturated rings. The highest BCUT2D eigenvalue weighted by Gasteiger charge is 2.45. The van der Waals surface area contributed by atoms with Crippen LogP contribution in [0.5, 0.6) is 0 Å². The van der Waals surface area contributed by atoms with Crippen molar-refractivity contribution in [2.45, 2.75) is 64.2 Å². The van der Waals surface area contributed by atoms with Crippen LogP contribution in [0.1, 0.15) is 51.2 Å². The van der Waals surface area contributed by atoms with E-state index in [1.165, 1.54) is 4.90 Å². The van der Waals surface area contributed by atoms with Crippen LogP contribution in [0.4, 0.5) is 4.79 Å². The first kappa shape index (κ1) is 21.6. The van der Waals surface area contributed by atoms with Crippen LogP contribution in [0.2, 0.25) is 18.1 Å². The lowest BCUT2D eigenvalue weighted by atomic mass is 9.86. The van der Waals surface area contributed by atoms with Crippen LogP contribution in [0.25, 0.3) is 5.57 Å². The average molecular weight is 383 g/mol. The molecule has 1 heterocycles. The minimum Gasteiger partial charge on any atom is -0.415 e. The van der Waals surface area contributed by atoms with Gasteiger partial charge in [0.2, 0.25) is 13.8 Å². The quantitative estimate of drug-likeness (QED) is 0.692. The molecule has 6 heteroatoms. The Hall–Kier alpha value is -1.66. The molecule has 2 atom stereocenters. The number of nitrogens with zero attached hydrogens (tertiary/aromatic N) is 1. The van der Waals surface area contributed by atoms with Crippen molar-refractivity contribution in [1.82, 2.24) is 4.90 Å². The van der Waals surface area contributed by atoms with E-state index < -0.39 is 20.2 Å². The molecule has 0 N–H and O–H groups in total. The molecule has 27 heavy (non-hydrogen) atoms. The second kappa shape index (κ2) is 7.76. The van der Waals surface area contributed by atoms with Crippen LogP contribution >= 0.6 is 0 Å². The van der Waals surface area contributed by atoms with E-state index in [0.29, 0.717) is 6.61 Å². The summed E-state index contributed by atoms with van der Waals surface area (Å²) < 4.78 is 6.37. The smallest absolute Gasteiger partial charge is 0.229 e. The zero-order chi connectivity index (χ0) is 20.6. The van der Waals surface area contributed by atoms with E-state index in [4.69, 9.17) is 12.3 Å². The van der Waals surface area contributed by atoms with Gasteiger partial charge in [-0.05, 0) is 36.2 Å². The summed E-state index contributed by atoms with van der Waals surface area (Å²) in [4.78, 5) is 25.8. The van der Waals surface area contributed by atoms with Crippen LogP contribution < -0.4 is 0 Å². The van der Waals surface area contributed by atoms with Crippen molar-refractivity contribution in [3.05, 3.63) is 42.0 Å². The molecule has 0 saturated carbocycles. The third kappa shape index (κ3) is 4.43. The molecule has 1 aromatic rings. The van der Waals surface area contributed by atoms with Gasteiger partial charge >= 0.3 is 0 Å². The van der Waals surface area contributed by atoms with Gasteiger partial charge in [0.1, 0.15) is 0 Å². The van der Waals surface area contributed by atoms with Gasteiger partial charge in [0.25, 0.3) is 0 Å². The Morgan fingerprint density at radius 1 is 1.33 bits per heavy atom. The maximum Gasteiger partial charge on any atom is 0.229 e. The molecule has 1 aromatic carbocycles.